The van der Waals surface area contributed by atoms with Gasteiger partial charge in [0.05, 0.1) is 28.0 Å². The molecule has 0 fully saturated rings. The van der Waals surface area contributed by atoms with Gasteiger partial charge < -0.3 is 5.32 Å². The average molecular weight is 506 g/mol. The number of amides is 1. The number of aromatic nitrogens is 2. The van der Waals surface area contributed by atoms with Gasteiger partial charge in [-0.15, -0.1) is 0 Å². The van der Waals surface area contributed by atoms with Crippen LogP contribution in [-0.4, -0.2) is 27.0 Å². The summed E-state index contributed by atoms with van der Waals surface area (Å²) < 4.78 is 1.56. The molecule has 4 aromatic carbocycles. The standard InChI is InChI=1S/C30H23N3O3S/c1-20-11-5-10-18-26(20)33-29(36)23-15-7-9-17-25(23)32-30(33)37-19-27(34)31-24-16-8-6-14-22(24)28(35)21-12-3-2-4-13-21/h2-18H,19H2,1H3,(H,31,34). The van der Waals surface area contributed by atoms with Gasteiger partial charge >= 0.3 is 0 Å². The highest BCUT2D eigenvalue weighted by molar-refractivity contribution is 7.99. The molecule has 1 heterocycles. The quantitative estimate of drug-likeness (QED) is 0.175. The molecule has 0 unspecified atom stereocenters. The molecule has 5 rings (SSSR count). The second kappa shape index (κ2) is 10.6. The van der Waals surface area contributed by atoms with Crippen LogP contribution in [0.4, 0.5) is 5.69 Å². The number of rotatable bonds is 7. The number of aryl methyl sites for hydroxylation is 1. The van der Waals surface area contributed by atoms with Crippen LogP contribution in [0.15, 0.2) is 113 Å². The minimum atomic E-state index is -0.308. The monoisotopic (exact) mass is 505 g/mol. The summed E-state index contributed by atoms with van der Waals surface area (Å²) in [7, 11) is 0. The zero-order valence-corrected chi connectivity index (χ0v) is 20.9. The molecule has 0 radical (unpaired) electrons. The summed E-state index contributed by atoms with van der Waals surface area (Å²) in [6.45, 7) is 1.93. The van der Waals surface area contributed by atoms with Gasteiger partial charge in [-0.3, -0.25) is 19.0 Å². The molecular formula is C30H23N3O3S. The smallest absolute Gasteiger partial charge is 0.266 e. The molecule has 0 aliphatic heterocycles. The molecule has 0 spiro atoms. The Morgan fingerprint density at radius 2 is 1.51 bits per heavy atom. The number of hydrogen-bond acceptors (Lipinski definition) is 5. The van der Waals surface area contributed by atoms with E-state index in [1.54, 1.807) is 65.2 Å². The summed E-state index contributed by atoms with van der Waals surface area (Å²) in [5, 5.41) is 3.78. The summed E-state index contributed by atoms with van der Waals surface area (Å²) in [6.07, 6.45) is 0. The zero-order chi connectivity index (χ0) is 25.8. The third-order valence-corrected chi connectivity index (χ3v) is 6.85. The Bertz CT molecular complexity index is 1680. The maximum absolute atomic E-state index is 13.5. The van der Waals surface area contributed by atoms with Gasteiger partial charge in [-0.25, -0.2) is 4.98 Å². The molecule has 6 nitrogen and oxygen atoms in total. The van der Waals surface area contributed by atoms with Crippen LogP contribution in [0.2, 0.25) is 0 Å². The molecule has 0 aliphatic rings. The fourth-order valence-corrected chi connectivity index (χ4v) is 4.89. The van der Waals surface area contributed by atoms with Gasteiger partial charge in [-0.05, 0) is 42.8 Å². The topological polar surface area (TPSA) is 81.1 Å². The van der Waals surface area contributed by atoms with Gasteiger partial charge in [0.25, 0.3) is 5.56 Å². The average Bonchev–Trinajstić information content (AvgIpc) is 2.93. The largest absolute Gasteiger partial charge is 0.325 e. The summed E-state index contributed by atoms with van der Waals surface area (Å²) in [6, 6.07) is 30.6. The second-order valence-corrected chi connectivity index (χ2v) is 9.36. The summed E-state index contributed by atoms with van der Waals surface area (Å²) in [4.78, 5) is 44.2. The lowest BCUT2D eigenvalue weighted by Gasteiger charge is -2.15. The zero-order valence-electron chi connectivity index (χ0n) is 20.0. The number of para-hydroxylation sites is 3. The lowest BCUT2D eigenvalue weighted by Crippen LogP contribution is -2.23. The number of thioether (sulfide) groups is 1. The van der Waals surface area contributed by atoms with Crippen molar-refractivity contribution in [3.8, 4) is 5.69 Å². The highest BCUT2D eigenvalue weighted by atomic mass is 32.2. The third-order valence-electron chi connectivity index (χ3n) is 5.92. The first-order valence-corrected chi connectivity index (χ1v) is 12.7. The molecule has 0 aliphatic carbocycles. The van der Waals surface area contributed by atoms with Crippen molar-refractivity contribution < 1.29 is 9.59 Å². The number of hydrogen-bond donors (Lipinski definition) is 1. The number of nitrogens with zero attached hydrogens (tertiary/aromatic N) is 2. The van der Waals surface area contributed by atoms with Gasteiger partial charge in [0, 0.05) is 11.1 Å². The Kier molecular flexibility index (Phi) is 6.96. The van der Waals surface area contributed by atoms with Crippen LogP contribution >= 0.6 is 11.8 Å². The Morgan fingerprint density at radius 3 is 2.32 bits per heavy atom. The van der Waals surface area contributed by atoms with Gasteiger partial charge in [0.2, 0.25) is 5.91 Å². The van der Waals surface area contributed by atoms with Crippen molar-refractivity contribution in [2.75, 3.05) is 11.1 Å². The minimum Gasteiger partial charge on any atom is -0.325 e. The summed E-state index contributed by atoms with van der Waals surface area (Å²) in [5.41, 5.74) is 3.40. The number of carbonyl (C=O) groups excluding carboxylic acids is 2. The number of benzene rings is 4. The van der Waals surface area contributed by atoms with E-state index in [-0.39, 0.29) is 23.0 Å². The molecule has 37 heavy (non-hydrogen) atoms. The minimum absolute atomic E-state index is 0.00449. The van der Waals surface area contributed by atoms with Crippen LogP contribution in [-0.2, 0) is 4.79 Å². The van der Waals surface area contributed by atoms with Crippen molar-refractivity contribution in [1.82, 2.24) is 9.55 Å². The predicted octanol–water partition coefficient (Wildman–Crippen LogP) is 5.66. The van der Waals surface area contributed by atoms with Gasteiger partial charge in [-0.2, -0.15) is 0 Å². The first-order chi connectivity index (χ1) is 18.0. The number of ketones is 1. The van der Waals surface area contributed by atoms with E-state index in [1.807, 2.05) is 49.4 Å². The molecule has 1 aromatic heterocycles. The van der Waals surface area contributed by atoms with Crippen LogP contribution < -0.4 is 10.9 Å². The van der Waals surface area contributed by atoms with Crippen molar-refractivity contribution >= 4 is 40.0 Å². The van der Waals surface area contributed by atoms with Crippen molar-refractivity contribution in [3.63, 3.8) is 0 Å². The molecule has 0 saturated heterocycles. The number of fused-ring (bicyclic) bond motifs is 1. The summed E-state index contributed by atoms with van der Waals surface area (Å²) in [5.74, 6) is -0.476. The second-order valence-electron chi connectivity index (χ2n) is 8.42. The molecule has 0 atom stereocenters. The Balaban J connectivity index is 1.43. The highest BCUT2D eigenvalue weighted by Crippen LogP contribution is 2.24. The highest BCUT2D eigenvalue weighted by Gasteiger charge is 2.18. The fraction of sp³-hybridized carbons (Fsp3) is 0.0667. The van der Waals surface area contributed by atoms with E-state index in [1.165, 1.54) is 11.8 Å². The van der Waals surface area contributed by atoms with E-state index < -0.39 is 0 Å². The number of anilines is 1. The van der Waals surface area contributed by atoms with Crippen molar-refractivity contribution in [3.05, 3.63) is 130 Å². The first kappa shape index (κ1) is 24.2. The van der Waals surface area contributed by atoms with Gasteiger partial charge in [0.15, 0.2) is 10.9 Å². The van der Waals surface area contributed by atoms with Crippen LogP contribution in [0.25, 0.3) is 16.6 Å². The van der Waals surface area contributed by atoms with Crippen molar-refractivity contribution in [2.45, 2.75) is 12.1 Å². The van der Waals surface area contributed by atoms with Gasteiger partial charge in [0.1, 0.15) is 0 Å². The predicted molar refractivity (Wildman–Crippen MR) is 148 cm³/mol. The molecule has 182 valence electrons. The third kappa shape index (κ3) is 5.08. The Hall–Kier alpha value is -4.49. The molecule has 5 aromatic rings. The number of nitrogens with one attached hydrogen (secondary N) is 1. The molecular weight excluding hydrogens is 482 g/mol. The van der Waals surface area contributed by atoms with Gasteiger partial charge in [-0.1, -0.05) is 84.6 Å². The lowest BCUT2D eigenvalue weighted by molar-refractivity contribution is -0.113. The van der Waals surface area contributed by atoms with Crippen LogP contribution in [0.1, 0.15) is 21.5 Å². The van der Waals surface area contributed by atoms with Crippen LogP contribution in [0.5, 0.6) is 0 Å². The van der Waals surface area contributed by atoms with Crippen molar-refractivity contribution in [2.24, 2.45) is 0 Å². The van der Waals surface area contributed by atoms with Crippen molar-refractivity contribution in [1.29, 1.82) is 0 Å². The van der Waals surface area contributed by atoms with E-state index in [2.05, 4.69) is 5.32 Å². The maximum atomic E-state index is 13.5. The molecule has 1 amide bonds. The SMILES string of the molecule is Cc1ccccc1-n1c(SCC(=O)Nc2ccccc2C(=O)c2ccccc2)nc2ccccc2c1=O. The molecule has 0 saturated carbocycles. The Labute approximate surface area is 218 Å². The Morgan fingerprint density at radius 1 is 0.838 bits per heavy atom. The van der Waals surface area contributed by atoms with E-state index >= 15 is 0 Å². The fourth-order valence-electron chi connectivity index (χ4n) is 4.09. The van der Waals surface area contributed by atoms with E-state index in [0.29, 0.717) is 38.6 Å². The van der Waals surface area contributed by atoms with E-state index in [4.69, 9.17) is 4.98 Å². The van der Waals surface area contributed by atoms with Crippen LogP contribution in [0.3, 0.4) is 0 Å². The molecule has 7 heteroatoms. The summed E-state index contributed by atoms with van der Waals surface area (Å²) >= 11 is 1.17. The van der Waals surface area contributed by atoms with E-state index in [9.17, 15) is 14.4 Å². The number of carbonyl (C=O) groups is 2. The van der Waals surface area contributed by atoms with E-state index in [0.717, 1.165) is 5.56 Å². The first-order valence-electron chi connectivity index (χ1n) is 11.7. The molecule has 0 bridgehead atoms. The maximum Gasteiger partial charge on any atom is 0.266 e. The van der Waals surface area contributed by atoms with Crippen LogP contribution in [0, 0.1) is 6.92 Å². The lowest BCUT2D eigenvalue weighted by atomic mass is 10.0. The molecule has 1 N–H and O–H groups in total. The normalized spacial score (nSPS) is 10.8.